The van der Waals surface area contributed by atoms with Gasteiger partial charge in [0, 0.05) is 33.8 Å². The summed E-state index contributed by atoms with van der Waals surface area (Å²) in [6, 6.07) is 45.7. The van der Waals surface area contributed by atoms with Gasteiger partial charge in [0.1, 0.15) is 0 Å². The van der Waals surface area contributed by atoms with Crippen molar-refractivity contribution in [1.29, 1.82) is 0 Å². The van der Waals surface area contributed by atoms with E-state index >= 15 is 0 Å². The molecule has 0 radical (unpaired) electrons. The average molecular weight is 973 g/mol. The van der Waals surface area contributed by atoms with Crippen molar-refractivity contribution in [2.75, 3.05) is 0 Å². The zero-order valence-electron chi connectivity index (χ0n) is 35.4. The molecule has 300 valence electrons. The molecule has 3 heterocycles. The van der Waals surface area contributed by atoms with Crippen LogP contribution >= 0.6 is 0 Å². The molecule has 0 bridgehead atoms. The van der Waals surface area contributed by atoms with Crippen LogP contribution in [0.4, 0.5) is 0 Å². The second-order valence-corrected chi connectivity index (χ2v) is 16.5. The van der Waals surface area contributed by atoms with Gasteiger partial charge in [-0.2, -0.15) is 15.3 Å². The van der Waals surface area contributed by atoms with Crippen LogP contribution < -0.4 is 0 Å². The third kappa shape index (κ3) is 6.92. The predicted octanol–water partition coefficient (Wildman–Crippen LogP) is 12.8. The van der Waals surface area contributed by atoms with E-state index < -0.39 is 0 Å². The third-order valence-electron chi connectivity index (χ3n) is 13.1. The number of hydrogen-bond acceptors (Lipinski definition) is 3. The summed E-state index contributed by atoms with van der Waals surface area (Å²) in [5, 5.41) is 22.8. The second-order valence-electron chi connectivity index (χ2n) is 16.5. The number of benzene rings is 6. The summed E-state index contributed by atoms with van der Waals surface area (Å²) < 4.78 is 0. The van der Waals surface area contributed by atoms with E-state index in [4.69, 9.17) is 0 Å². The predicted molar refractivity (Wildman–Crippen MR) is 245 cm³/mol. The van der Waals surface area contributed by atoms with Gasteiger partial charge < -0.3 is 0 Å². The van der Waals surface area contributed by atoms with Crippen LogP contribution in [0.3, 0.4) is 0 Å². The van der Waals surface area contributed by atoms with Crippen LogP contribution in [-0.4, -0.2) is 30.6 Å². The molecule has 0 aliphatic heterocycles. The Morgan fingerprint density at radius 1 is 0.311 bits per heavy atom. The van der Waals surface area contributed by atoms with Crippen molar-refractivity contribution < 1.29 is 20.1 Å². The summed E-state index contributed by atoms with van der Waals surface area (Å²) in [5.74, 6) is 0. The molecule has 0 saturated carbocycles. The number of nitrogens with zero attached hydrogens (tertiary/aromatic N) is 3. The molecule has 3 N–H and O–H groups in total. The summed E-state index contributed by atoms with van der Waals surface area (Å²) in [7, 11) is 0. The van der Waals surface area contributed by atoms with E-state index in [9.17, 15) is 0 Å². The summed E-state index contributed by atoms with van der Waals surface area (Å²) in [6.07, 6.45) is 3.02. The molecule has 9 aromatic rings. The van der Waals surface area contributed by atoms with Gasteiger partial charge in [0.15, 0.2) is 0 Å². The molecule has 0 saturated heterocycles. The maximum Gasteiger partial charge on any atom is 3.00 e. The maximum absolute atomic E-state index is 4.50. The Balaban J connectivity index is 0.000000116. The Labute approximate surface area is 371 Å². The Kier molecular flexibility index (Phi) is 10.6. The first-order valence-electron chi connectivity index (χ1n) is 20.9. The minimum atomic E-state index is 0. The summed E-state index contributed by atoms with van der Waals surface area (Å²) in [4.78, 5) is 0. The van der Waals surface area contributed by atoms with Gasteiger partial charge >= 0.3 is 20.1 Å². The van der Waals surface area contributed by atoms with Crippen LogP contribution in [0.25, 0.3) is 67.2 Å². The molecule has 0 fully saturated rings. The standard InChI is InChI=1S/3C18H16N2.Ir/c3*1-11-12(2)19-20-18(11)16-9-5-8-15-14-7-4-3-6-13(14)10-17(15)16;/h3*3-9H,10H2,1-2H3,(H,19,20);/q;;;+3. The van der Waals surface area contributed by atoms with Crippen LogP contribution in [0.1, 0.15) is 67.2 Å². The van der Waals surface area contributed by atoms with Crippen molar-refractivity contribution in [1.82, 2.24) is 30.6 Å². The largest absolute Gasteiger partial charge is 3.00 e. The maximum atomic E-state index is 4.50. The van der Waals surface area contributed by atoms with Crippen LogP contribution in [0.15, 0.2) is 127 Å². The molecule has 3 aliphatic rings. The van der Waals surface area contributed by atoms with E-state index in [-0.39, 0.29) is 20.1 Å². The SMILES string of the molecule is Cc1[nH]nc(-c2cccc3c2Cc2ccccc2-3)c1C.Cc1[nH]nc(-c2cccc3c2Cc2ccccc2-3)c1C.Cc1[nH]nc(-c2cccc3c2Cc2ccccc2-3)c1C.[Ir+3]. The Hall–Kier alpha value is -6.40. The molecular formula is C54H48IrN6+3. The topological polar surface area (TPSA) is 86.0 Å². The fraction of sp³-hybridized carbons (Fsp3) is 0.167. The molecule has 0 atom stereocenters. The van der Waals surface area contributed by atoms with E-state index in [0.717, 1.165) is 53.4 Å². The van der Waals surface area contributed by atoms with Crippen LogP contribution in [0.5, 0.6) is 0 Å². The van der Waals surface area contributed by atoms with Crippen molar-refractivity contribution in [3.8, 4) is 67.2 Å². The molecule has 7 heteroatoms. The number of hydrogen-bond donors (Lipinski definition) is 3. The molecule has 0 spiro atoms. The van der Waals surface area contributed by atoms with Crippen LogP contribution in [0.2, 0.25) is 0 Å². The van der Waals surface area contributed by atoms with Crippen molar-refractivity contribution in [2.45, 2.75) is 60.8 Å². The fourth-order valence-corrected chi connectivity index (χ4v) is 9.38. The molecular weight excluding hydrogens is 925 g/mol. The number of aromatic amines is 3. The van der Waals surface area contributed by atoms with Crippen LogP contribution in [-0.2, 0) is 39.4 Å². The smallest absolute Gasteiger partial charge is 0.282 e. The number of aryl methyl sites for hydroxylation is 3. The number of aromatic nitrogens is 6. The third-order valence-corrected chi connectivity index (χ3v) is 13.1. The van der Waals surface area contributed by atoms with Crippen molar-refractivity contribution in [2.24, 2.45) is 0 Å². The first-order valence-corrected chi connectivity index (χ1v) is 20.9. The average Bonchev–Trinajstić information content (AvgIpc) is 4.14. The van der Waals surface area contributed by atoms with Gasteiger partial charge in [-0.15, -0.1) is 0 Å². The molecule has 3 aromatic heterocycles. The Morgan fingerprint density at radius 2 is 0.557 bits per heavy atom. The number of H-pyrrole nitrogens is 3. The van der Waals surface area contributed by atoms with Crippen LogP contribution in [0, 0.1) is 41.5 Å². The molecule has 0 unspecified atom stereocenters. The summed E-state index contributed by atoms with van der Waals surface area (Å²) in [5.41, 5.74) is 30.9. The zero-order chi connectivity index (χ0) is 41.1. The second kappa shape index (κ2) is 16.2. The van der Waals surface area contributed by atoms with Gasteiger partial charge in [0.25, 0.3) is 0 Å². The van der Waals surface area contributed by atoms with E-state index in [2.05, 4.69) is 200 Å². The molecule has 61 heavy (non-hydrogen) atoms. The first-order chi connectivity index (χ1) is 29.3. The van der Waals surface area contributed by atoms with Crippen molar-refractivity contribution in [3.05, 3.63) is 195 Å². The first kappa shape index (κ1) is 40.0. The summed E-state index contributed by atoms with van der Waals surface area (Å²) >= 11 is 0. The Bertz CT molecular complexity index is 2770. The molecule has 6 aromatic carbocycles. The summed E-state index contributed by atoms with van der Waals surface area (Å²) in [6.45, 7) is 12.6. The minimum absolute atomic E-state index is 0. The van der Waals surface area contributed by atoms with Gasteiger partial charge in [-0.25, -0.2) is 0 Å². The number of rotatable bonds is 3. The van der Waals surface area contributed by atoms with Gasteiger partial charge in [-0.05, 0) is 144 Å². The fourth-order valence-electron chi connectivity index (χ4n) is 9.38. The van der Waals surface area contributed by atoms with E-state index in [1.807, 2.05) is 0 Å². The number of fused-ring (bicyclic) bond motifs is 9. The van der Waals surface area contributed by atoms with Gasteiger partial charge in [0.2, 0.25) is 0 Å². The normalized spacial score (nSPS) is 12.1. The molecule has 0 amide bonds. The zero-order valence-corrected chi connectivity index (χ0v) is 37.8. The van der Waals surface area contributed by atoms with Crippen molar-refractivity contribution in [3.63, 3.8) is 0 Å². The number of nitrogens with one attached hydrogen (secondary N) is 3. The van der Waals surface area contributed by atoms with Gasteiger partial charge in [0.05, 0.1) is 17.1 Å². The van der Waals surface area contributed by atoms with Gasteiger partial charge in [-0.3, -0.25) is 15.3 Å². The monoisotopic (exact) mass is 973 g/mol. The van der Waals surface area contributed by atoms with E-state index in [0.29, 0.717) is 0 Å². The molecule has 12 rings (SSSR count). The van der Waals surface area contributed by atoms with E-state index in [1.54, 1.807) is 0 Å². The Morgan fingerprint density at radius 3 is 0.820 bits per heavy atom. The quantitative estimate of drug-likeness (QED) is 0.165. The minimum Gasteiger partial charge on any atom is -0.282 e. The molecule has 3 aliphatic carbocycles. The van der Waals surface area contributed by atoms with E-state index in [1.165, 1.54) is 100 Å². The molecule has 6 nitrogen and oxygen atoms in total. The van der Waals surface area contributed by atoms with Crippen molar-refractivity contribution >= 4 is 0 Å². The van der Waals surface area contributed by atoms with Gasteiger partial charge in [-0.1, -0.05) is 127 Å².